The predicted octanol–water partition coefficient (Wildman–Crippen LogP) is 4.71. The zero-order chi connectivity index (χ0) is 20.0. The van der Waals surface area contributed by atoms with Crippen LogP contribution in [-0.4, -0.2) is 23.8 Å². The van der Waals surface area contributed by atoms with Crippen LogP contribution >= 0.6 is 11.8 Å². The van der Waals surface area contributed by atoms with Gasteiger partial charge < -0.3 is 10.1 Å². The number of carbonyl (C=O) groups is 1. The number of benzene rings is 1. The smallest absolute Gasteiger partial charge is 0.417 e. The second-order valence-electron chi connectivity index (χ2n) is 6.23. The van der Waals surface area contributed by atoms with Crippen LogP contribution in [0.1, 0.15) is 31.0 Å². The molecule has 1 aromatic carbocycles. The lowest BCUT2D eigenvalue weighted by Crippen LogP contribution is -2.33. The van der Waals surface area contributed by atoms with E-state index in [1.807, 2.05) is 38.1 Å². The molecule has 0 aliphatic carbocycles. The fourth-order valence-corrected chi connectivity index (χ4v) is 3.09. The van der Waals surface area contributed by atoms with Crippen LogP contribution in [0.2, 0.25) is 0 Å². The van der Waals surface area contributed by atoms with Gasteiger partial charge in [0.15, 0.2) is 0 Å². The van der Waals surface area contributed by atoms with Crippen LogP contribution in [0.4, 0.5) is 13.2 Å². The van der Waals surface area contributed by atoms with E-state index >= 15 is 0 Å². The molecule has 1 unspecified atom stereocenters. The molecular formula is C19H21F3N2O2S. The van der Waals surface area contributed by atoms with E-state index in [1.54, 1.807) is 7.11 Å². The first-order valence-corrected chi connectivity index (χ1v) is 9.28. The van der Waals surface area contributed by atoms with Gasteiger partial charge in [0.05, 0.1) is 29.5 Å². The van der Waals surface area contributed by atoms with Gasteiger partial charge in [-0.3, -0.25) is 4.79 Å². The highest BCUT2D eigenvalue weighted by Gasteiger charge is 2.30. The molecule has 4 nitrogen and oxygen atoms in total. The van der Waals surface area contributed by atoms with E-state index in [0.29, 0.717) is 5.03 Å². The molecule has 0 fully saturated rings. The summed E-state index contributed by atoms with van der Waals surface area (Å²) in [5.41, 5.74) is 0.146. The maximum Gasteiger partial charge on any atom is 0.417 e. The molecule has 27 heavy (non-hydrogen) atoms. The number of methoxy groups -OCH3 is 1. The van der Waals surface area contributed by atoms with Crippen molar-refractivity contribution >= 4 is 17.7 Å². The second-order valence-corrected chi connectivity index (χ2v) is 7.23. The number of rotatable bonds is 7. The Morgan fingerprint density at radius 2 is 1.85 bits per heavy atom. The van der Waals surface area contributed by atoms with Crippen molar-refractivity contribution in [3.8, 4) is 5.75 Å². The number of carbonyl (C=O) groups excluding carboxylic acids is 1. The summed E-state index contributed by atoms with van der Waals surface area (Å²) in [6.07, 6.45) is -3.65. The van der Waals surface area contributed by atoms with Crippen molar-refractivity contribution in [2.75, 3.05) is 12.9 Å². The van der Waals surface area contributed by atoms with Crippen molar-refractivity contribution in [2.24, 2.45) is 5.92 Å². The first-order valence-electron chi connectivity index (χ1n) is 8.30. The molecule has 2 aromatic rings. The molecule has 0 saturated carbocycles. The van der Waals surface area contributed by atoms with Gasteiger partial charge in [-0.05, 0) is 35.7 Å². The minimum Gasteiger partial charge on any atom is -0.497 e. The number of ether oxygens (including phenoxy) is 1. The number of halogens is 3. The topological polar surface area (TPSA) is 51.2 Å². The van der Waals surface area contributed by atoms with Gasteiger partial charge in [-0.1, -0.05) is 37.7 Å². The molecule has 1 aromatic heterocycles. The highest BCUT2D eigenvalue weighted by molar-refractivity contribution is 7.99. The zero-order valence-corrected chi connectivity index (χ0v) is 16.0. The van der Waals surface area contributed by atoms with E-state index in [9.17, 15) is 18.0 Å². The van der Waals surface area contributed by atoms with Gasteiger partial charge in [0.25, 0.3) is 0 Å². The Morgan fingerprint density at radius 1 is 1.19 bits per heavy atom. The predicted molar refractivity (Wildman–Crippen MR) is 98.7 cm³/mol. The standard InChI is InChI=1S/C19H21F3N2O2S/c1-12(2)18(13-4-7-15(26-3)8-5-13)24-16(25)11-27-17-9-6-14(10-23-17)19(20,21)22/h4-10,12,18H,11H2,1-3H3,(H,24,25). The number of pyridine rings is 1. The van der Waals surface area contributed by atoms with Crippen LogP contribution in [0.15, 0.2) is 47.6 Å². The number of thioether (sulfide) groups is 1. The molecule has 0 aliphatic heterocycles. The molecule has 0 aliphatic rings. The van der Waals surface area contributed by atoms with Gasteiger partial charge in [-0.2, -0.15) is 13.2 Å². The molecule has 0 bridgehead atoms. The van der Waals surface area contributed by atoms with Crippen molar-refractivity contribution in [3.05, 3.63) is 53.7 Å². The molecule has 8 heteroatoms. The molecule has 1 amide bonds. The van der Waals surface area contributed by atoms with Gasteiger partial charge in [0.1, 0.15) is 5.75 Å². The highest BCUT2D eigenvalue weighted by atomic mass is 32.2. The van der Waals surface area contributed by atoms with Crippen molar-refractivity contribution in [2.45, 2.75) is 31.1 Å². The molecule has 146 valence electrons. The molecule has 1 heterocycles. The maximum absolute atomic E-state index is 12.5. The maximum atomic E-state index is 12.5. The van der Waals surface area contributed by atoms with E-state index in [1.165, 1.54) is 6.07 Å². The van der Waals surface area contributed by atoms with Crippen LogP contribution in [0.3, 0.4) is 0 Å². The largest absolute Gasteiger partial charge is 0.497 e. The summed E-state index contributed by atoms with van der Waals surface area (Å²) in [7, 11) is 1.59. The van der Waals surface area contributed by atoms with E-state index in [4.69, 9.17) is 4.74 Å². The van der Waals surface area contributed by atoms with Crippen LogP contribution < -0.4 is 10.1 Å². The van der Waals surface area contributed by atoms with Gasteiger partial charge in [0, 0.05) is 6.20 Å². The summed E-state index contributed by atoms with van der Waals surface area (Å²) in [5, 5.41) is 3.33. The average molecular weight is 398 g/mol. The normalized spacial score (nSPS) is 12.7. The summed E-state index contributed by atoms with van der Waals surface area (Å²) in [5.74, 6) is 0.752. The molecule has 1 N–H and O–H groups in total. The third-order valence-electron chi connectivity index (χ3n) is 3.87. The second kappa shape index (κ2) is 9.12. The molecule has 0 radical (unpaired) electrons. The Morgan fingerprint density at radius 3 is 2.33 bits per heavy atom. The van der Waals surface area contributed by atoms with Gasteiger partial charge >= 0.3 is 6.18 Å². The Kier molecular flexibility index (Phi) is 7.12. The van der Waals surface area contributed by atoms with E-state index in [-0.39, 0.29) is 23.6 Å². The number of nitrogens with one attached hydrogen (secondary N) is 1. The number of hydrogen-bond acceptors (Lipinski definition) is 4. The third-order valence-corrected chi connectivity index (χ3v) is 4.82. The minimum absolute atomic E-state index is 0.0672. The fourth-order valence-electron chi connectivity index (χ4n) is 2.43. The first-order chi connectivity index (χ1) is 12.7. The number of nitrogens with zero attached hydrogens (tertiary/aromatic N) is 1. The number of amides is 1. The van der Waals surface area contributed by atoms with Gasteiger partial charge in [-0.15, -0.1) is 0 Å². The average Bonchev–Trinajstić information content (AvgIpc) is 2.64. The van der Waals surface area contributed by atoms with Crippen LogP contribution in [-0.2, 0) is 11.0 Å². The number of aromatic nitrogens is 1. The fraction of sp³-hybridized carbons (Fsp3) is 0.368. The minimum atomic E-state index is -4.42. The van der Waals surface area contributed by atoms with Crippen molar-refractivity contribution in [3.63, 3.8) is 0 Å². The monoisotopic (exact) mass is 398 g/mol. The quantitative estimate of drug-likeness (QED) is 0.686. The summed E-state index contributed by atoms with van der Waals surface area (Å²) in [6, 6.07) is 9.51. The number of hydrogen-bond donors (Lipinski definition) is 1. The molecule has 0 saturated heterocycles. The number of alkyl halides is 3. The van der Waals surface area contributed by atoms with Crippen LogP contribution in [0.5, 0.6) is 5.75 Å². The van der Waals surface area contributed by atoms with E-state index in [0.717, 1.165) is 35.3 Å². The molecule has 2 rings (SSSR count). The van der Waals surface area contributed by atoms with E-state index in [2.05, 4.69) is 10.3 Å². The lowest BCUT2D eigenvalue weighted by Gasteiger charge is -2.23. The summed E-state index contributed by atoms with van der Waals surface area (Å²) >= 11 is 1.09. The third kappa shape index (κ3) is 6.16. The Hall–Kier alpha value is -2.22. The summed E-state index contributed by atoms with van der Waals surface area (Å²) in [4.78, 5) is 16.0. The summed E-state index contributed by atoms with van der Waals surface area (Å²) in [6.45, 7) is 4.00. The summed E-state index contributed by atoms with van der Waals surface area (Å²) < 4.78 is 42.8. The lowest BCUT2D eigenvalue weighted by atomic mass is 9.96. The van der Waals surface area contributed by atoms with Gasteiger partial charge in [0.2, 0.25) is 5.91 Å². The van der Waals surface area contributed by atoms with Crippen molar-refractivity contribution < 1.29 is 22.7 Å². The first kappa shape index (κ1) is 21.1. The van der Waals surface area contributed by atoms with Crippen LogP contribution in [0.25, 0.3) is 0 Å². The zero-order valence-electron chi connectivity index (χ0n) is 15.2. The van der Waals surface area contributed by atoms with Crippen LogP contribution in [0, 0.1) is 5.92 Å². The lowest BCUT2D eigenvalue weighted by molar-refractivity contribution is -0.137. The SMILES string of the molecule is COc1ccc(C(NC(=O)CSc2ccc(C(F)(F)F)cn2)C(C)C)cc1. The molecule has 1 atom stereocenters. The van der Waals surface area contributed by atoms with Crippen molar-refractivity contribution in [1.82, 2.24) is 10.3 Å². The van der Waals surface area contributed by atoms with Crippen molar-refractivity contribution in [1.29, 1.82) is 0 Å². The molecular weight excluding hydrogens is 377 g/mol. The molecule has 0 spiro atoms. The van der Waals surface area contributed by atoms with Gasteiger partial charge in [-0.25, -0.2) is 4.98 Å². The van der Waals surface area contributed by atoms with E-state index < -0.39 is 11.7 Å². The Labute approximate surface area is 160 Å². The Balaban J connectivity index is 1.95. The Bertz CT molecular complexity index is 747. The highest BCUT2D eigenvalue weighted by Crippen LogP contribution is 2.29.